The summed E-state index contributed by atoms with van der Waals surface area (Å²) < 4.78 is 24.7. The summed E-state index contributed by atoms with van der Waals surface area (Å²) >= 11 is 0. The van der Waals surface area contributed by atoms with Gasteiger partial charge < -0.3 is 5.32 Å². The zero-order valence-electron chi connectivity index (χ0n) is 13.8. The monoisotopic (exact) mass is 326 g/mol. The number of carbonyl (C=O) groups excluding carboxylic acids is 1. The average molecular weight is 326 g/mol. The Morgan fingerprint density at radius 3 is 2.45 bits per heavy atom. The highest BCUT2D eigenvalue weighted by atomic mass is 32.2. The standard InChI is InChI=1S/C16H26N2O3S/c1-5-6-11-18(22(4,20)21)12-16(19)17-15-10-8-7-9-14(15)13(2)3/h7-10,13H,5-6,11-12H2,1-4H3,(H,17,19). The maximum absolute atomic E-state index is 12.2. The Morgan fingerprint density at radius 1 is 1.27 bits per heavy atom. The first kappa shape index (κ1) is 18.6. The molecule has 0 spiro atoms. The maximum atomic E-state index is 12.2. The van der Waals surface area contributed by atoms with E-state index in [1.54, 1.807) is 0 Å². The molecular weight excluding hydrogens is 300 g/mol. The highest BCUT2D eigenvalue weighted by molar-refractivity contribution is 7.88. The summed E-state index contributed by atoms with van der Waals surface area (Å²) in [6.07, 6.45) is 2.75. The van der Waals surface area contributed by atoms with Gasteiger partial charge in [0.05, 0.1) is 12.8 Å². The molecule has 1 rings (SSSR count). The molecule has 0 saturated heterocycles. The molecule has 22 heavy (non-hydrogen) atoms. The van der Waals surface area contributed by atoms with Crippen LogP contribution in [0.2, 0.25) is 0 Å². The van der Waals surface area contributed by atoms with Crippen molar-refractivity contribution in [3.8, 4) is 0 Å². The number of rotatable bonds is 8. The highest BCUT2D eigenvalue weighted by Crippen LogP contribution is 2.23. The van der Waals surface area contributed by atoms with Crippen LogP contribution in [0.15, 0.2) is 24.3 Å². The van der Waals surface area contributed by atoms with E-state index in [1.165, 1.54) is 4.31 Å². The van der Waals surface area contributed by atoms with Gasteiger partial charge in [-0.1, -0.05) is 45.4 Å². The summed E-state index contributed by atoms with van der Waals surface area (Å²) in [7, 11) is -3.38. The van der Waals surface area contributed by atoms with Crippen LogP contribution in [0.3, 0.4) is 0 Å². The van der Waals surface area contributed by atoms with Gasteiger partial charge in [0.2, 0.25) is 15.9 Å². The SMILES string of the molecule is CCCCN(CC(=O)Nc1ccccc1C(C)C)S(C)(=O)=O. The Kier molecular flexibility index (Phi) is 7.03. The fraction of sp³-hybridized carbons (Fsp3) is 0.562. The lowest BCUT2D eigenvalue weighted by Crippen LogP contribution is -2.38. The molecule has 0 aliphatic rings. The smallest absolute Gasteiger partial charge is 0.239 e. The molecule has 0 unspecified atom stereocenters. The number of unbranched alkanes of at least 4 members (excludes halogenated alkanes) is 1. The molecule has 0 saturated carbocycles. The predicted octanol–water partition coefficient (Wildman–Crippen LogP) is 2.81. The molecule has 0 radical (unpaired) electrons. The highest BCUT2D eigenvalue weighted by Gasteiger charge is 2.20. The molecule has 0 fully saturated rings. The predicted molar refractivity (Wildman–Crippen MR) is 90.5 cm³/mol. The van der Waals surface area contributed by atoms with Crippen molar-refractivity contribution in [1.29, 1.82) is 0 Å². The van der Waals surface area contributed by atoms with Gasteiger partial charge in [-0.25, -0.2) is 8.42 Å². The lowest BCUT2D eigenvalue weighted by atomic mass is 10.0. The number of sulfonamides is 1. The number of para-hydroxylation sites is 1. The van der Waals surface area contributed by atoms with Crippen molar-refractivity contribution in [2.75, 3.05) is 24.7 Å². The van der Waals surface area contributed by atoms with Crippen molar-refractivity contribution in [3.63, 3.8) is 0 Å². The molecule has 0 aliphatic heterocycles. The van der Waals surface area contributed by atoms with Gasteiger partial charge in [-0.2, -0.15) is 4.31 Å². The van der Waals surface area contributed by atoms with Crippen molar-refractivity contribution in [2.24, 2.45) is 0 Å². The van der Waals surface area contributed by atoms with E-state index in [9.17, 15) is 13.2 Å². The van der Waals surface area contributed by atoms with E-state index >= 15 is 0 Å². The minimum Gasteiger partial charge on any atom is -0.325 e. The fourth-order valence-electron chi connectivity index (χ4n) is 2.16. The summed E-state index contributed by atoms with van der Waals surface area (Å²) in [5.41, 5.74) is 1.78. The molecule has 0 atom stereocenters. The molecule has 0 bridgehead atoms. The first-order valence-electron chi connectivity index (χ1n) is 7.59. The van der Waals surface area contributed by atoms with E-state index in [0.717, 1.165) is 30.3 Å². The second kappa shape index (κ2) is 8.29. The molecule has 0 heterocycles. The van der Waals surface area contributed by atoms with Crippen LogP contribution in [0.5, 0.6) is 0 Å². The second-order valence-corrected chi connectivity index (χ2v) is 7.72. The van der Waals surface area contributed by atoms with Crippen molar-refractivity contribution >= 4 is 21.6 Å². The molecule has 0 aromatic heterocycles. The second-order valence-electron chi connectivity index (χ2n) is 5.74. The van der Waals surface area contributed by atoms with Gasteiger partial charge in [-0.3, -0.25) is 4.79 Å². The third-order valence-corrected chi connectivity index (χ3v) is 4.66. The van der Waals surface area contributed by atoms with Gasteiger partial charge in [-0.15, -0.1) is 0 Å². The minimum atomic E-state index is -3.38. The Morgan fingerprint density at radius 2 is 1.91 bits per heavy atom. The molecule has 5 nitrogen and oxygen atoms in total. The van der Waals surface area contributed by atoms with Gasteiger partial charge >= 0.3 is 0 Å². The third kappa shape index (κ3) is 5.77. The van der Waals surface area contributed by atoms with Crippen LogP contribution >= 0.6 is 0 Å². The van der Waals surface area contributed by atoms with E-state index in [2.05, 4.69) is 19.2 Å². The molecule has 1 aromatic carbocycles. The summed E-state index contributed by atoms with van der Waals surface area (Å²) in [6.45, 7) is 6.31. The zero-order chi connectivity index (χ0) is 16.8. The van der Waals surface area contributed by atoms with Gasteiger partial charge in [0.25, 0.3) is 0 Å². The van der Waals surface area contributed by atoms with Gasteiger partial charge in [0.15, 0.2) is 0 Å². The first-order chi connectivity index (χ1) is 10.3. The summed E-state index contributed by atoms with van der Waals surface area (Å²) in [5.74, 6) is -0.0303. The van der Waals surface area contributed by atoms with Crippen LogP contribution in [-0.2, 0) is 14.8 Å². The zero-order valence-corrected chi connectivity index (χ0v) is 14.6. The van der Waals surface area contributed by atoms with Crippen molar-refractivity contribution in [1.82, 2.24) is 4.31 Å². The normalized spacial score (nSPS) is 11.9. The maximum Gasteiger partial charge on any atom is 0.239 e. The summed E-state index contributed by atoms with van der Waals surface area (Å²) in [4.78, 5) is 12.2. The van der Waals surface area contributed by atoms with E-state index in [1.807, 2.05) is 31.2 Å². The van der Waals surface area contributed by atoms with Gasteiger partial charge in [0, 0.05) is 12.2 Å². The molecule has 6 heteroatoms. The van der Waals surface area contributed by atoms with Crippen molar-refractivity contribution in [3.05, 3.63) is 29.8 Å². The largest absolute Gasteiger partial charge is 0.325 e. The summed E-state index contributed by atoms with van der Waals surface area (Å²) in [5, 5.41) is 2.83. The van der Waals surface area contributed by atoms with E-state index in [-0.39, 0.29) is 18.4 Å². The Balaban J connectivity index is 2.80. The number of nitrogens with zero attached hydrogens (tertiary/aromatic N) is 1. The van der Waals surface area contributed by atoms with Gasteiger partial charge in [0.1, 0.15) is 0 Å². The number of benzene rings is 1. The van der Waals surface area contributed by atoms with Crippen LogP contribution in [0, 0.1) is 0 Å². The van der Waals surface area contributed by atoms with Crippen molar-refractivity contribution < 1.29 is 13.2 Å². The van der Waals surface area contributed by atoms with Crippen LogP contribution in [-0.4, -0.2) is 38.0 Å². The fourth-order valence-corrected chi connectivity index (χ4v) is 2.97. The summed E-state index contributed by atoms with van der Waals surface area (Å²) in [6, 6.07) is 7.58. The number of anilines is 1. The van der Waals surface area contributed by atoms with Crippen LogP contribution in [0.1, 0.15) is 45.1 Å². The van der Waals surface area contributed by atoms with Gasteiger partial charge in [-0.05, 0) is 24.0 Å². The molecular formula is C16H26N2O3S. The van der Waals surface area contributed by atoms with E-state index in [4.69, 9.17) is 0 Å². The molecule has 1 N–H and O–H groups in total. The molecule has 1 amide bonds. The Hall–Kier alpha value is -1.40. The number of hydrogen-bond donors (Lipinski definition) is 1. The van der Waals surface area contributed by atoms with Crippen LogP contribution in [0.25, 0.3) is 0 Å². The van der Waals surface area contributed by atoms with Crippen molar-refractivity contribution in [2.45, 2.75) is 39.5 Å². The third-order valence-electron chi connectivity index (χ3n) is 3.41. The average Bonchev–Trinajstić information content (AvgIpc) is 2.42. The lowest BCUT2D eigenvalue weighted by molar-refractivity contribution is -0.116. The molecule has 0 aliphatic carbocycles. The van der Waals surface area contributed by atoms with E-state index in [0.29, 0.717) is 6.54 Å². The number of carbonyl (C=O) groups is 1. The van der Waals surface area contributed by atoms with Crippen LogP contribution in [0.4, 0.5) is 5.69 Å². The number of hydrogen-bond acceptors (Lipinski definition) is 3. The van der Waals surface area contributed by atoms with Crippen LogP contribution < -0.4 is 5.32 Å². The topological polar surface area (TPSA) is 66.5 Å². The Bertz CT molecular complexity index is 597. The Labute approximate surface area is 133 Å². The number of amides is 1. The first-order valence-corrected chi connectivity index (χ1v) is 9.44. The number of nitrogens with one attached hydrogen (secondary N) is 1. The van der Waals surface area contributed by atoms with E-state index < -0.39 is 10.0 Å². The quantitative estimate of drug-likeness (QED) is 0.799. The molecule has 124 valence electrons. The minimum absolute atomic E-state index is 0.148. The molecule has 1 aromatic rings. The lowest BCUT2D eigenvalue weighted by Gasteiger charge is -2.20.